The normalized spacial score (nSPS) is 8.73. The third kappa shape index (κ3) is 1.57. The van der Waals surface area contributed by atoms with Crippen LogP contribution in [0.5, 0.6) is 0 Å². The van der Waals surface area contributed by atoms with Crippen LogP contribution in [0.25, 0.3) is 0 Å². The van der Waals surface area contributed by atoms with E-state index in [9.17, 15) is 4.79 Å². The molecule has 11 heavy (non-hydrogen) atoms. The molecule has 1 rings (SSSR count). The summed E-state index contributed by atoms with van der Waals surface area (Å²) >= 11 is 5.20. The molecule has 1 aromatic carbocycles. The van der Waals surface area contributed by atoms with Gasteiger partial charge in [0, 0.05) is 0 Å². The molecule has 0 radical (unpaired) electrons. The zero-order chi connectivity index (χ0) is 8.27. The first-order valence-electron chi connectivity index (χ1n) is 2.94. The molecule has 0 spiro atoms. The van der Waals surface area contributed by atoms with Gasteiger partial charge in [0.1, 0.15) is 0 Å². The average Bonchev–Trinajstić information content (AvgIpc) is 2.04. The van der Waals surface area contributed by atoms with Gasteiger partial charge in [0.25, 0.3) is 5.24 Å². The van der Waals surface area contributed by atoms with E-state index in [0.717, 1.165) is 0 Å². The third-order valence-electron chi connectivity index (χ3n) is 1.26. The molecule has 0 amide bonds. The third-order valence-corrected chi connectivity index (χ3v) is 1.46. The molecule has 0 saturated carbocycles. The monoisotopic (exact) mass is 165 g/mol. The van der Waals surface area contributed by atoms with E-state index in [4.69, 9.17) is 16.9 Å². The Morgan fingerprint density at radius 2 is 2.09 bits per heavy atom. The maximum Gasteiger partial charge on any atom is 0.253 e. The fourth-order valence-electron chi connectivity index (χ4n) is 0.752. The summed E-state index contributed by atoms with van der Waals surface area (Å²) < 4.78 is 0. The Morgan fingerprint density at radius 3 is 2.55 bits per heavy atom. The van der Waals surface area contributed by atoms with Crippen molar-refractivity contribution in [3.05, 3.63) is 35.4 Å². The van der Waals surface area contributed by atoms with Gasteiger partial charge >= 0.3 is 0 Å². The van der Waals surface area contributed by atoms with E-state index in [1.807, 2.05) is 6.07 Å². The highest BCUT2D eigenvalue weighted by Crippen LogP contribution is 2.09. The molecule has 2 nitrogen and oxygen atoms in total. The van der Waals surface area contributed by atoms with Gasteiger partial charge in [-0.15, -0.1) is 0 Å². The van der Waals surface area contributed by atoms with E-state index in [0.29, 0.717) is 5.56 Å². The molecule has 54 valence electrons. The molecular weight excluding hydrogens is 162 g/mol. The number of hydrogen-bond donors (Lipinski definition) is 0. The lowest BCUT2D eigenvalue weighted by atomic mass is 10.1. The Labute approximate surface area is 69.0 Å². The van der Waals surface area contributed by atoms with Gasteiger partial charge in [0.2, 0.25) is 0 Å². The number of benzene rings is 1. The van der Waals surface area contributed by atoms with Gasteiger partial charge in [-0.2, -0.15) is 5.26 Å². The number of nitrogens with zero attached hydrogens (tertiary/aromatic N) is 1. The van der Waals surface area contributed by atoms with Crippen molar-refractivity contribution in [3.63, 3.8) is 0 Å². The lowest BCUT2D eigenvalue weighted by molar-refractivity contribution is 0.108. The average molecular weight is 166 g/mol. The summed E-state index contributed by atoms with van der Waals surface area (Å²) in [4.78, 5) is 10.6. The summed E-state index contributed by atoms with van der Waals surface area (Å²) in [6.07, 6.45) is 0. The summed E-state index contributed by atoms with van der Waals surface area (Å²) in [5.41, 5.74) is 0.573. The molecule has 0 aliphatic rings. The Kier molecular flexibility index (Phi) is 2.25. The van der Waals surface area contributed by atoms with Gasteiger partial charge in [-0.1, -0.05) is 12.1 Å². The van der Waals surface area contributed by atoms with Crippen LogP contribution in [0.2, 0.25) is 0 Å². The van der Waals surface area contributed by atoms with Gasteiger partial charge in [0.05, 0.1) is 17.2 Å². The van der Waals surface area contributed by atoms with Gasteiger partial charge < -0.3 is 0 Å². The van der Waals surface area contributed by atoms with Crippen LogP contribution in [0.4, 0.5) is 0 Å². The number of carbonyl (C=O) groups is 1. The van der Waals surface area contributed by atoms with Crippen molar-refractivity contribution < 1.29 is 4.79 Å². The first-order valence-corrected chi connectivity index (χ1v) is 3.32. The maximum absolute atomic E-state index is 10.6. The molecule has 0 unspecified atom stereocenters. The first kappa shape index (κ1) is 7.77. The second kappa shape index (κ2) is 3.18. The van der Waals surface area contributed by atoms with Crippen molar-refractivity contribution in [1.82, 2.24) is 0 Å². The van der Waals surface area contributed by atoms with Crippen LogP contribution >= 0.6 is 11.6 Å². The van der Waals surface area contributed by atoms with Gasteiger partial charge in [-0.25, -0.2) is 0 Å². The van der Waals surface area contributed by atoms with Crippen LogP contribution in [0, 0.1) is 11.3 Å². The van der Waals surface area contributed by atoms with E-state index < -0.39 is 5.24 Å². The van der Waals surface area contributed by atoms with Crippen LogP contribution < -0.4 is 0 Å². The minimum atomic E-state index is -0.595. The number of rotatable bonds is 1. The van der Waals surface area contributed by atoms with Crippen LogP contribution in [-0.2, 0) is 0 Å². The Balaban J connectivity index is 3.26. The number of nitriles is 1. The van der Waals surface area contributed by atoms with Crippen molar-refractivity contribution in [2.75, 3.05) is 0 Å². The molecule has 1 aromatic rings. The Morgan fingerprint density at radius 1 is 1.45 bits per heavy atom. The number of carbonyl (C=O) groups excluding carboxylic acids is 1. The number of hydrogen-bond acceptors (Lipinski definition) is 2. The summed E-state index contributed by atoms with van der Waals surface area (Å²) in [7, 11) is 0. The molecule has 0 saturated heterocycles. The Bertz CT molecular complexity index is 327. The van der Waals surface area contributed by atoms with Gasteiger partial charge in [-0.05, 0) is 23.7 Å². The van der Waals surface area contributed by atoms with Crippen molar-refractivity contribution in [2.24, 2.45) is 0 Å². The van der Waals surface area contributed by atoms with Crippen molar-refractivity contribution in [3.8, 4) is 6.07 Å². The summed E-state index contributed by atoms with van der Waals surface area (Å²) in [6.45, 7) is 0. The van der Waals surface area contributed by atoms with Gasteiger partial charge in [-0.3, -0.25) is 4.79 Å². The van der Waals surface area contributed by atoms with Gasteiger partial charge in [0.15, 0.2) is 0 Å². The van der Waals surface area contributed by atoms with Crippen LogP contribution in [0.1, 0.15) is 15.9 Å². The Hall–Kier alpha value is -1.33. The van der Waals surface area contributed by atoms with E-state index in [1.165, 1.54) is 6.07 Å². The molecule has 0 N–H and O–H groups in total. The van der Waals surface area contributed by atoms with Crippen LogP contribution in [0.3, 0.4) is 0 Å². The minimum Gasteiger partial charge on any atom is -0.276 e. The fraction of sp³-hybridized carbons (Fsp3) is 0. The van der Waals surface area contributed by atoms with E-state index >= 15 is 0 Å². The molecule has 3 heteroatoms. The second-order valence-corrected chi connectivity index (χ2v) is 2.27. The highest BCUT2D eigenvalue weighted by Gasteiger charge is 2.05. The molecule has 0 aliphatic carbocycles. The maximum atomic E-state index is 10.6. The zero-order valence-electron chi connectivity index (χ0n) is 5.54. The second-order valence-electron chi connectivity index (χ2n) is 1.93. The smallest absolute Gasteiger partial charge is 0.253 e. The minimum absolute atomic E-state index is 0.261. The number of halogens is 1. The molecular formula is C8H4ClNO. The highest BCUT2D eigenvalue weighted by atomic mass is 35.5. The summed E-state index contributed by atoms with van der Waals surface area (Å²) in [6, 6.07) is 8.29. The molecule has 0 fully saturated rings. The van der Waals surface area contributed by atoms with E-state index in [2.05, 4.69) is 0 Å². The first-order chi connectivity index (χ1) is 5.25. The SMILES string of the molecule is N#Cc1ccccc1C(=O)Cl. The largest absolute Gasteiger partial charge is 0.276 e. The predicted molar refractivity (Wildman–Crippen MR) is 41.3 cm³/mol. The van der Waals surface area contributed by atoms with Crippen LogP contribution in [0.15, 0.2) is 24.3 Å². The van der Waals surface area contributed by atoms with Crippen molar-refractivity contribution in [1.29, 1.82) is 5.26 Å². The van der Waals surface area contributed by atoms with Crippen molar-refractivity contribution in [2.45, 2.75) is 0 Å². The molecule has 0 heterocycles. The quantitative estimate of drug-likeness (QED) is 0.597. The predicted octanol–water partition coefficient (Wildman–Crippen LogP) is 1.94. The molecule has 0 aromatic heterocycles. The topological polar surface area (TPSA) is 40.9 Å². The lowest BCUT2D eigenvalue weighted by Crippen LogP contribution is -1.92. The highest BCUT2D eigenvalue weighted by molar-refractivity contribution is 6.68. The molecule has 0 aliphatic heterocycles. The fourth-order valence-corrected chi connectivity index (χ4v) is 0.917. The van der Waals surface area contributed by atoms with E-state index in [-0.39, 0.29) is 5.56 Å². The van der Waals surface area contributed by atoms with Crippen LogP contribution in [-0.4, -0.2) is 5.24 Å². The lowest BCUT2D eigenvalue weighted by Gasteiger charge is -1.93. The summed E-state index contributed by atoms with van der Waals surface area (Å²) in [5.74, 6) is 0. The standard InChI is InChI=1S/C8H4ClNO/c9-8(11)7-4-2-1-3-6(7)5-10/h1-4H. The van der Waals surface area contributed by atoms with Crippen molar-refractivity contribution >= 4 is 16.8 Å². The van der Waals surface area contributed by atoms with E-state index in [1.54, 1.807) is 18.2 Å². The summed E-state index contributed by atoms with van der Waals surface area (Å²) in [5, 5.41) is 7.91. The molecule has 0 bridgehead atoms. The molecule has 0 atom stereocenters. The zero-order valence-corrected chi connectivity index (χ0v) is 6.30.